The number of hydrogen-bond acceptors (Lipinski definition) is 5. The summed E-state index contributed by atoms with van der Waals surface area (Å²) in [6.07, 6.45) is 0. The molecule has 1 fully saturated rings. The Morgan fingerprint density at radius 2 is 2.21 bits per heavy atom. The normalized spacial score (nSPS) is 18.8. The largest absolute Gasteiger partial charge is 0.506 e. The maximum Gasteiger partial charge on any atom is 0.335 e. The quantitative estimate of drug-likeness (QED) is 0.610. The van der Waals surface area contributed by atoms with Crippen LogP contribution in [0, 0.1) is 0 Å². The number of carbonyl (C=O) groups is 2. The third-order valence-electron chi connectivity index (χ3n) is 2.74. The maximum atomic E-state index is 12.0. The topological polar surface area (TPSA) is 98.7 Å². The third-order valence-corrected chi connectivity index (χ3v) is 3.80. The van der Waals surface area contributed by atoms with Gasteiger partial charge in [-0.2, -0.15) is 11.8 Å². The van der Waals surface area contributed by atoms with E-state index in [0.717, 1.165) is 12.3 Å². The first-order valence-corrected chi connectivity index (χ1v) is 6.91. The van der Waals surface area contributed by atoms with E-state index in [1.807, 2.05) is 0 Å². The van der Waals surface area contributed by atoms with Crippen molar-refractivity contribution in [3.05, 3.63) is 23.8 Å². The summed E-state index contributed by atoms with van der Waals surface area (Å²) in [5.41, 5.74) is 0.126. The van der Waals surface area contributed by atoms with Gasteiger partial charge in [-0.3, -0.25) is 4.79 Å². The number of amides is 1. The number of carboxylic acids is 1. The van der Waals surface area contributed by atoms with Gasteiger partial charge in [-0.15, -0.1) is 0 Å². The minimum atomic E-state index is -1.11. The monoisotopic (exact) mass is 282 g/mol. The van der Waals surface area contributed by atoms with E-state index in [1.54, 1.807) is 11.8 Å². The second kappa shape index (κ2) is 5.94. The van der Waals surface area contributed by atoms with E-state index in [2.05, 4.69) is 10.6 Å². The second-order valence-electron chi connectivity index (χ2n) is 4.11. The summed E-state index contributed by atoms with van der Waals surface area (Å²) in [4.78, 5) is 22.8. The zero-order valence-electron chi connectivity index (χ0n) is 10.0. The summed E-state index contributed by atoms with van der Waals surface area (Å²) >= 11 is 1.67. The molecule has 0 bridgehead atoms. The fourth-order valence-electron chi connectivity index (χ4n) is 1.72. The molecule has 2 rings (SSSR count). The van der Waals surface area contributed by atoms with Crippen LogP contribution >= 0.6 is 11.8 Å². The van der Waals surface area contributed by atoms with E-state index in [9.17, 15) is 14.7 Å². The van der Waals surface area contributed by atoms with Crippen molar-refractivity contribution in [2.75, 3.05) is 23.4 Å². The number of phenolic OH excluding ortho intramolecular Hbond substituents is 1. The van der Waals surface area contributed by atoms with Crippen LogP contribution in [0.1, 0.15) is 10.4 Å². The minimum absolute atomic E-state index is 0.0130. The van der Waals surface area contributed by atoms with Gasteiger partial charge in [-0.05, 0) is 18.2 Å². The molecule has 6 nitrogen and oxygen atoms in total. The van der Waals surface area contributed by atoms with E-state index in [0.29, 0.717) is 5.75 Å². The fourth-order valence-corrected chi connectivity index (χ4v) is 2.66. The molecule has 1 amide bonds. The Labute approximate surface area is 114 Å². The van der Waals surface area contributed by atoms with Gasteiger partial charge in [0.05, 0.1) is 17.3 Å². The van der Waals surface area contributed by atoms with Crippen molar-refractivity contribution in [1.29, 1.82) is 0 Å². The van der Waals surface area contributed by atoms with Crippen LogP contribution in [0.2, 0.25) is 0 Å². The second-order valence-corrected chi connectivity index (χ2v) is 5.26. The number of phenols is 1. The molecular weight excluding hydrogens is 268 g/mol. The highest BCUT2D eigenvalue weighted by molar-refractivity contribution is 7.99. The van der Waals surface area contributed by atoms with Crippen LogP contribution in [0.4, 0.5) is 5.69 Å². The Balaban J connectivity index is 2.11. The number of rotatable bonds is 3. The van der Waals surface area contributed by atoms with Gasteiger partial charge in [0.15, 0.2) is 0 Å². The van der Waals surface area contributed by atoms with E-state index < -0.39 is 5.97 Å². The summed E-state index contributed by atoms with van der Waals surface area (Å²) in [5, 5.41) is 24.1. The van der Waals surface area contributed by atoms with Crippen LogP contribution in [0.15, 0.2) is 18.2 Å². The number of thioether (sulfide) groups is 1. The van der Waals surface area contributed by atoms with Crippen molar-refractivity contribution in [3.8, 4) is 5.75 Å². The molecule has 1 aliphatic rings. The van der Waals surface area contributed by atoms with Gasteiger partial charge in [-0.1, -0.05) is 0 Å². The van der Waals surface area contributed by atoms with E-state index >= 15 is 0 Å². The summed E-state index contributed by atoms with van der Waals surface area (Å²) in [5.74, 6) is 0.0862. The molecule has 102 valence electrons. The molecular formula is C12H14N2O4S. The molecule has 1 aliphatic heterocycles. The van der Waals surface area contributed by atoms with Gasteiger partial charge in [0.1, 0.15) is 5.75 Å². The fraction of sp³-hybridized carbons (Fsp3) is 0.333. The van der Waals surface area contributed by atoms with Gasteiger partial charge in [0.25, 0.3) is 0 Å². The van der Waals surface area contributed by atoms with Gasteiger partial charge in [0, 0.05) is 18.1 Å². The highest BCUT2D eigenvalue weighted by Crippen LogP contribution is 2.24. The van der Waals surface area contributed by atoms with E-state index in [-0.39, 0.29) is 28.9 Å². The molecule has 1 saturated heterocycles. The van der Waals surface area contributed by atoms with Gasteiger partial charge >= 0.3 is 5.97 Å². The lowest BCUT2D eigenvalue weighted by Gasteiger charge is -2.22. The minimum Gasteiger partial charge on any atom is -0.506 e. The Morgan fingerprint density at radius 3 is 2.84 bits per heavy atom. The molecule has 1 aromatic rings. The van der Waals surface area contributed by atoms with Crippen LogP contribution in [-0.2, 0) is 4.79 Å². The molecule has 1 aromatic carbocycles. The van der Waals surface area contributed by atoms with Crippen molar-refractivity contribution in [1.82, 2.24) is 5.32 Å². The van der Waals surface area contributed by atoms with Crippen LogP contribution in [0.5, 0.6) is 5.75 Å². The van der Waals surface area contributed by atoms with Crippen LogP contribution in [0.3, 0.4) is 0 Å². The van der Waals surface area contributed by atoms with E-state index in [4.69, 9.17) is 5.11 Å². The van der Waals surface area contributed by atoms with Crippen LogP contribution in [0.25, 0.3) is 0 Å². The average Bonchev–Trinajstić information content (AvgIpc) is 2.42. The zero-order chi connectivity index (χ0) is 13.8. The SMILES string of the molecule is O=C(O)c1ccc(O)c(NC(=O)C2CSCCN2)c1. The van der Waals surface area contributed by atoms with Crippen molar-refractivity contribution in [3.63, 3.8) is 0 Å². The molecule has 1 atom stereocenters. The lowest BCUT2D eigenvalue weighted by Crippen LogP contribution is -2.46. The van der Waals surface area contributed by atoms with Crippen molar-refractivity contribution in [2.45, 2.75) is 6.04 Å². The van der Waals surface area contributed by atoms with Gasteiger partial charge < -0.3 is 20.8 Å². The van der Waals surface area contributed by atoms with Crippen molar-refractivity contribution < 1.29 is 19.8 Å². The van der Waals surface area contributed by atoms with Crippen LogP contribution in [-0.4, -0.2) is 46.2 Å². The Kier molecular flexibility index (Phi) is 4.28. The predicted octanol–water partition coefficient (Wildman–Crippen LogP) is 0.734. The molecule has 1 heterocycles. The molecule has 0 saturated carbocycles. The number of nitrogens with one attached hydrogen (secondary N) is 2. The molecule has 4 N–H and O–H groups in total. The molecule has 0 radical (unpaired) electrons. The number of hydrogen-bond donors (Lipinski definition) is 4. The molecule has 7 heteroatoms. The standard InChI is InChI=1S/C12H14N2O4S/c15-10-2-1-7(12(17)18)5-8(10)14-11(16)9-6-19-4-3-13-9/h1-2,5,9,13,15H,3-4,6H2,(H,14,16)(H,17,18). The summed E-state index contributed by atoms with van der Waals surface area (Å²) in [7, 11) is 0. The Morgan fingerprint density at radius 1 is 1.42 bits per heavy atom. The zero-order valence-corrected chi connectivity index (χ0v) is 10.9. The molecule has 0 aromatic heterocycles. The Bertz CT molecular complexity index is 501. The lowest BCUT2D eigenvalue weighted by atomic mass is 10.1. The molecule has 19 heavy (non-hydrogen) atoms. The predicted molar refractivity (Wildman–Crippen MR) is 72.8 cm³/mol. The number of benzene rings is 1. The first-order valence-electron chi connectivity index (χ1n) is 5.76. The van der Waals surface area contributed by atoms with Gasteiger partial charge in [0.2, 0.25) is 5.91 Å². The van der Waals surface area contributed by atoms with Crippen molar-refractivity contribution >= 4 is 29.3 Å². The van der Waals surface area contributed by atoms with Crippen LogP contribution < -0.4 is 10.6 Å². The highest BCUT2D eigenvalue weighted by Gasteiger charge is 2.22. The first kappa shape index (κ1) is 13.7. The molecule has 0 aliphatic carbocycles. The smallest absolute Gasteiger partial charge is 0.335 e. The summed E-state index contributed by atoms with van der Waals surface area (Å²) < 4.78 is 0. The number of aromatic hydroxyl groups is 1. The summed E-state index contributed by atoms with van der Waals surface area (Å²) in [6, 6.07) is 3.45. The van der Waals surface area contributed by atoms with Gasteiger partial charge in [-0.25, -0.2) is 4.79 Å². The summed E-state index contributed by atoms with van der Waals surface area (Å²) in [6.45, 7) is 0.754. The number of aromatic carboxylic acids is 1. The lowest BCUT2D eigenvalue weighted by molar-refractivity contribution is -0.117. The first-order chi connectivity index (χ1) is 9.08. The Hall–Kier alpha value is -1.73. The highest BCUT2D eigenvalue weighted by atomic mass is 32.2. The third kappa shape index (κ3) is 3.39. The maximum absolute atomic E-state index is 12.0. The molecule has 1 unspecified atom stereocenters. The average molecular weight is 282 g/mol. The number of carboxylic acid groups (broad SMARTS) is 1. The van der Waals surface area contributed by atoms with E-state index in [1.165, 1.54) is 18.2 Å². The van der Waals surface area contributed by atoms with Crippen molar-refractivity contribution in [2.24, 2.45) is 0 Å². The number of anilines is 1. The molecule has 0 spiro atoms. The number of carbonyl (C=O) groups excluding carboxylic acids is 1.